The van der Waals surface area contributed by atoms with Crippen molar-refractivity contribution in [3.05, 3.63) is 35.1 Å². The second-order valence-electron chi connectivity index (χ2n) is 6.39. The molecule has 2 rings (SSSR count). The van der Waals surface area contributed by atoms with Crippen molar-refractivity contribution in [1.29, 1.82) is 5.26 Å². The number of piperidine rings is 1. The van der Waals surface area contributed by atoms with Gasteiger partial charge in [0, 0.05) is 44.3 Å². The summed E-state index contributed by atoms with van der Waals surface area (Å²) in [6.07, 6.45) is 2.13. The zero-order valence-corrected chi connectivity index (χ0v) is 17.4. The van der Waals surface area contributed by atoms with E-state index >= 15 is 0 Å². The molecule has 0 atom stereocenters. The van der Waals surface area contributed by atoms with Gasteiger partial charge >= 0.3 is 0 Å². The van der Waals surface area contributed by atoms with Crippen LogP contribution in [0.4, 0.5) is 4.39 Å². The lowest BCUT2D eigenvalue weighted by molar-refractivity contribution is 0.167. The van der Waals surface area contributed by atoms with Crippen LogP contribution in [0, 0.1) is 17.1 Å². The molecule has 25 heavy (non-hydrogen) atoms. The van der Waals surface area contributed by atoms with E-state index in [1.165, 1.54) is 12.1 Å². The van der Waals surface area contributed by atoms with Gasteiger partial charge in [-0.25, -0.2) is 4.39 Å². The Morgan fingerprint density at radius 3 is 2.64 bits per heavy atom. The van der Waals surface area contributed by atoms with Crippen LogP contribution in [0.2, 0.25) is 0 Å². The van der Waals surface area contributed by atoms with Crippen molar-refractivity contribution in [1.82, 2.24) is 15.5 Å². The number of benzene rings is 1. The maximum absolute atomic E-state index is 13.8. The van der Waals surface area contributed by atoms with Gasteiger partial charge in [0.1, 0.15) is 5.82 Å². The Hall–Kier alpha value is -1.40. The smallest absolute Gasteiger partial charge is 0.191 e. The monoisotopic (exact) mass is 459 g/mol. The van der Waals surface area contributed by atoms with Gasteiger partial charge < -0.3 is 15.5 Å². The summed E-state index contributed by atoms with van der Waals surface area (Å²) in [6, 6.07) is 7.36. The maximum atomic E-state index is 13.8. The second-order valence-corrected chi connectivity index (χ2v) is 6.39. The molecule has 1 saturated heterocycles. The molecular formula is C18H27FIN5. The van der Waals surface area contributed by atoms with Crippen molar-refractivity contribution in [2.75, 3.05) is 20.1 Å². The predicted molar refractivity (Wildman–Crippen MR) is 110 cm³/mol. The minimum Gasteiger partial charge on any atom is -0.354 e. The number of rotatable bonds is 4. The average Bonchev–Trinajstić information content (AvgIpc) is 2.60. The molecule has 0 aliphatic carbocycles. The molecule has 2 N–H and O–H groups in total. The Balaban J connectivity index is 0.00000312. The molecule has 0 amide bonds. The average molecular weight is 459 g/mol. The molecule has 1 aromatic carbocycles. The number of likely N-dealkylation sites (tertiary alicyclic amines) is 1. The van der Waals surface area contributed by atoms with Crippen LogP contribution < -0.4 is 10.6 Å². The van der Waals surface area contributed by atoms with Crippen LogP contribution in [0.3, 0.4) is 0 Å². The van der Waals surface area contributed by atoms with E-state index in [1.807, 2.05) is 6.07 Å². The van der Waals surface area contributed by atoms with E-state index in [2.05, 4.69) is 34.4 Å². The lowest BCUT2D eigenvalue weighted by Gasteiger charge is -2.35. The van der Waals surface area contributed by atoms with E-state index in [0.29, 0.717) is 35.7 Å². The Labute approximate surface area is 166 Å². The number of guanidine groups is 1. The summed E-state index contributed by atoms with van der Waals surface area (Å²) in [5.74, 6) is 0.349. The SMILES string of the molecule is CN=C(NCc1cc(C#N)ccc1F)NC1CCN(C(C)C)CC1.I. The molecule has 5 nitrogen and oxygen atoms in total. The number of hydrogen-bond acceptors (Lipinski definition) is 3. The Morgan fingerprint density at radius 2 is 2.08 bits per heavy atom. The number of nitrogens with zero attached hydrogens (tertiary/aromatic N) is 3. The van der Waals surface area contributed by atoms with Crippen LogP contribution in [0.25, 0.3) is 0 Å². The van der Waals surface area contributed by atoms with E-state index in [4.69, 9.17) is 5.26 Å². The molecule has 0 radical (unpaired) electrons. The van der Waals surface area contributed by atoms with Crippen LogP contribution in [0.5, 0.6) is 0 Å². The van der Waals surface area contributed by atoms with Crippen LogP contribution in [0.1, 0.15) is 37.8 Å². The molecule has 138 valence electrons. The molecule has 0 saturated carbocycles. The highest BCUT2D eigenvalue weighted by Crippen LogP contribution is 2.13. The number of nitriles is 1. The molecule has 1 aliphatic heterocycles. The molecule has 7 heteroatoms. The number of nitrogens with one attached hydrogen (secondary N) is 2. The lowest BCUT2D eigenvalue weighted by atomic mass is 10.0. The third-order valence-electron chi connectivity index (χ3n) is 4.45. The first-order chi connectivity index (χ1) is 11.5. The summed E-state index contributed by atoms with van der Waals surface area (Å²) < 4.78 is 13.8. The Bertz CT molecular complexity index is 618. The largest absolute Gasteiger partial charge is 0.354 e. The summed E-state index contributed by atoms with van der Waals surface area (Å²) >= 11 is 0. The molecule has 0 unspecified atom stereocenters. The van der Waals surface area contributed by atoms with Gasteiger partial charge in [0.2, 0.25) is 0 Å². The van der Waals surface area contributed by atoms with Crippen LogP contribution in [-0.2, 0) is 6.54 Å². The van der Waals surface area contributed by atoms with Gasteiger partial charge in [-0.1, -0.05) is 0 Å². The third kappa shape index (κ3) is 6.44. The fourth-order valence-electron chi connectivity index (χ4n) is 2.91. The zero-order valence-electron chi connectivity index (χ0n) is 15.1. The van der Waals surface area contributed by atoms with Gasteiger partial charge in [-0.2, -0.15) is 5.26 Å². The topological polar surface area (TPSA) is 63.5 Å². The minimum absolute atomic E-state index is 0. The van der Waals surface area contributed by atoms with E-state index in [0.717, 1.165) is 25.9 Å². The quantitative estimate of drug-likeness (QED) is 0.413. The minimum atomic E-state index is -0.317. The van der Waals surface area contributed by atoms with Crippen molar-refractivity contribution in [2.45, 2.75) is 45.3 Å². The highest BCUT2D eigenvalue weighted by molar-refractivity contribution is 14.0. The first-order valence-corrected chi connectivity index (χ1v) is 8.43. The van der Waals surface area contributed by atoms with Crippen molar-refractivity contribution in [3.63, 3.8) is 0 Å². The van der Waals surface area contributed by atoms with Gasteiger partial charge in [0.15, 0.2) is 5.96 Å². The van der Waals surface area contributed by atoms with Crippen LogP contribution >= 0.6 is 24.0 Å². The van der Waals surface area contributed by atoms with Crippen LogP contribution in [0.15, 0.2) is 23.2 Å². The number of hydrogen-bond donors (Lipinski definition) is 2. The van der Waals surface area contributed by atoms with Gasteiger partial charge in [-0.15, -0.1) is 24.0 Å². The zero-order chi connectivity index (χ0) is 17.5. The van der Waals surface area contributed by atoms with Crippen molar-refractivity contribution >= 4 is 29.9 Å². The molecule has 1 fully saturated rings. The van der Waals surface area contributed by atoms with Gasteiger partial charge in [0.05, 0.1) is 11.6 Å². The highest BCUT2D eigenvalue weighted by Gasteiger charge is 2.21. The summed E-state index contributed by atoms with van der Waals surface area (Å²) in [4.78, 5) is 6.69. The van der Waals surface area contributed by atoms with E-state index < -0.39 is 0 Å². The predicted octanol–water partition coefficient (Wildman–Crippen LogP) is 2.85. The Morgan fingerprint density at radius 1 is 1.40 bits per heavy atom. The van der Waals surface area contributed by atoms with Gasteiger partial charge in [-0.3, -0.25) is 4.99 Å². The standard InChI is InChI=1S/C18H26FN5.HI/c1-13(2)24-8-6-16(7-9-24)23-18(21-3)22-12-15-10-14(11-20)4-5-17(15)19;/h4-5,10,13,16H,6-9,12H2,1-3H3,(H2,21,22,23);1H. The van der Waals surface area contributed by atoms with Crippen LogP contribution in [-0.4, -0.2) is 43.1 Å². The summed E-state index contributed by atoms with van der Waals surface area (Å²) in [7, 11) is 1.71. The first-order valence-electron chi connectivity index (χ1n) is 8.43. The highest BCUT2D eigenvalue weighted by atomic mass is 127. The molecule has 0 aromatic heterocycles. The van der Waals surface area contributed by atoms with Crippen molar-refractivity contribution in [2.24, 2.45) is 4.99 Å². The first kappa shape index (κ1) is 21.6. The normalized spacial score (nSPS) is 16.2. The summed E-state index contributed by atoms with van der Waals surface area (Å²) in [5.41, 5.74) is 0.920. The fraction of sp³-hybridized carbons (Fsp3) is 0.556. The van der Waals surface area contributed by atoms with E-state index in [-0.39, 0.29) is 29.8 Å². The molecular weight excluding hydrogens is 432 g/mol. The fourth-order valence-corrected chi connectivity index (χ4v) is 2.91. The van der Waals surface area contributed by atoms with Crippen molar-refractivity contribution in [3.8, 4) is 6.07 Å². The molecule has 0 bridgehead atoms. The van der Waals surface area contributed by atoms with Gasteiger partial charge in [-0.05, 0) is 44.9 Å². The maximum Gasteiger partial charge on any atom is 0.191 e. The molecule has 1 aromatic rings. The molecule has 0 spiro atoms. The Kier molecular flexibility index (Phi) is 9.14. The van der Waals surface area contributed by atoms with Gasteiger partial charge in [0.25, 0.3) is 0 Å². The van der Waals surface area contributed by atoms with Crippen molar-refractivity contribution < 1.29 is 4.39 Å². The van der Waals surface area contributed by atoms with E-state index in [1.54, 1.807) is 13.1 Å². The van der Waals surface area contributed by atoms with E-state index in [9.17, 15) is 4.39 Å². The lowest BCUT2D eigenvalue weighted by Crippen LogP contribution is -2.49. The summed E-state index contributed by atoms with van der Waals surface area (Å²) in [5, 5.41) is 15.5. The number of aliphatic imine (C=N–C) groups is 1. The molecule has 1 heterocycles. The summed E-state index contributed by atoms with van der Waals surface area (Å²) in [6.45, 7) is 6.89. The number of halogens is 2. The second kappa shape index (κ2) is 10.6. The third-order valence-corrected chi connectivity index (χ3v) is 4.45. The molecule has 1 aliphatic rings.